The van der Waals surface area contributed by atoms with E-state index in [1.54, 1.807) is 0 Å². The Morgan fingerprint density at radius 1 is 1.29 bits per heavy atom. The molecule has 0 aliphatic heterocycles. The van der Waals surface area contributed by atoms with E-state index in [2.05, 4.69) is 10.6 Å². The van der Waals surface area contributed by atoms with Crippen LogP contribution < -0.4 is 10.6 Å². The van der Waals surface area contributed by atoms with E-state index in [-0.39, 0.29) is 12.1 Å². The summed E-state index contributed by atoms with van der Waals surface area (Å²) < 4.78 is 2.03. The lowest BCUT2D eigenvalue weighted by molar-refractivity contribution is 0.250. The molecule has 0 unspecified atom stereocenters. The molecule has 2 aromatic rings. The highest BCUT2D eigenvalue weighted by molar-refractivity contribution is 6.00. The van der Waals surface area contributed by atoms with Crippen molar-refractivity contribution in [3.05, 3.63) is 30.5 Å². The number of fused-ring (bicyclic) bond motifs is 1. The number of hydrogen-bond acceptors (Lipinski definition) is 1. The summed E-state index contributed by atoms with van der Waals surface area (Å²) in [6, 6.07) is 7.83. The second-order valence-electron chi connectivity index (χ2n) is 4.42. The van der Waals surface area contributed by atoms with Crippen LogP contribution in [0.4, 0.5) is 10.5 Å². The molecule has 2 amide bonds. The van der Waals surface area contributed by atoms with Gasteiger partial charge in [0.25, 0.3) is 0 Å². The third-order valence-corrected chi connectivity index (χ3v) is 2.60. The molecule has 0 fully saturated rings. The molecule has 0 aliphatic carbocycles. The SMILES string of the molecule is CC(C)NC(=O)Nc1cccc2c1ccn2C. The maximum Gasteiger partial charge on any atom is 0.319 e. The molecular formula is C13H17N3O. The van der Waals surface area contributed by atoms with Gasteiger partial charge in [-0.2, -0.15) is 0 Å². The van der Waals surface area contributed by atoms with E-state index in [9.17, 15) is 4.79 Å². The number of anilines is 1. The molecule has 0 saturated heterocycles. The van der Waals surface area contributed by atoms with E-state index < -0.39 is 0 Å². The number of carbonyl (C=O) groups excluding carboxylic acids is 1. The van der Waals surface area contributed by atoms with E-state index in [0.717, 1.165) is 16.6 Å². The Labute approximate surface area is 101 Å². The molecule has 0 atom stereocenters. The second-order valence-corrected chi connectivity index (χ2v) is 4.42. The summed E-state index contributed by atoms with van der Waals surface area (Å²) in [6.45, 7) is 3.87. The molecule has 4 nitrogen and oxygen atoms in total. The van der Waals surface area contributed by atoms with E-state index in [1.807, 2.05) is 55.9 Å². The molecule has 0 radical (unpaired) electrons. The Morgan fingerprint density at radius 2 is 2.06 bits per heavy atom. The van der Waals surface area contributed by atoms with Crippen LogP contribution in [0.15, 0.2) is 30.5 Å². The van der Waals surface area contributed by atoms with Gasteiger partial charge >= 0.3 is 6.03 Å². The lowest BCUT2D eigenvalue weighted by atomic mass is 10.2. The summed E-state index contributed by atoms with van der Waals surface area (Å²) >= 11 is 0. The molecule has 90 valence electrons. The Morgan fingerprint density at radius 3 is 2.76 bits per heavy atom. The predicted octanol–water partition coefficient (Wildman–Crippen LogP) is 2.71. The first-order valence-electron chi connectivity index (χ1n) is 5.69. The van der Waals surface area contributed by atoms with Gasteiger partial charge in [-0.1, -0.05) is 6.07 Å². The van der Waals surface area contributed by atoms with Gasteiger partial charge in [0, 0.05) is 30.2 Å². The average molecular weight is 231 g/mol. The number of amides is 2. The lowest BCUT2D eigenvalue weighted by Gasteiger charge is -2.11. The number of hydrogen-bond donors (Lipinski definition) is 2. The second kappa shape index (κ2) is 4.49. The van der Waals surface area contributed by atoms with Crippen molar-refractivity contribution in [3.8, 4) is 0 Å². The topological polar surface area (TPSA) is 46.1 Å². The van der Waals surface area contributed by atoms with Crippen LogP contribution in [0, 0.1) is 0 Å². The molecule has 2 N–H and O–H groups in total. The largest absolute Gasteiger partial charge is 0.350 e. The minimum Gasteiger partial charge on any atom is -0.350 e. The maximum absolute atomic E-state index is 11.6. The molecule has 1 heterocycles. The normalized spacial score (nSPS) is 10.8. The van der Waals surface area contributed by atoms with Crippen LogP contribution in [0.25, 0.3) is 10.9 Å². The fourth-order valence-corrected chi connectivity index (χ4v) is 1.83. The van der Waals surface area contributed by atoms with Crippen LogP contribution in [0.2, 0.25) is 0 Å². The van der Waals surface area contributed by atoms with Gasteiger partial charge in [0.15, 0.2) is 0 Å². The van der Waals surface area contributed by atoms with Crippen LogP contribution in [0.5, 0.6) is 0 Å². The summed E-state index contributed by atoms with van der Waals surface area (Å²) in [4.78, 5) is 11.6. The molecule has 0 bridgehead atoms. The number of urea groups is 1. The zero-order valence-corrected chi connectivity index (χ0v) is 10.3. The molecule has 1 aromatic heterocycles. The summed E-state index contributed by atoms with van der Waals surface area (Å²) in [6.07, 6.45) is 1.98. The van der Waals surface area contributed by atoms with Crippen molar-refractivity contribution >= 4 is 22.6 Å². The van der Waals surface area contributed by atoms with Crippen molar-refractivity contribution in [1.82, 2.24) is 9.88 Å². The molecule has 0 saturated carbocycles. The number of nitrogens with one attached hydrogen (secondary N) is 2. The Kier molecular flexibility index (Phi) is 3.04. The van der Waals surface area contributed by atoms with Gasteiger partial charge in [-0.05, 0) is 32.0 Å². The average Bonchev–Trinajstić information content (AvgIpc) is 2.61. The van der Waals surface area contributed by atoms with Gasteiger partial charge in [-0.3, -0.25) is 0 Å². The summed E-state index contributed by atoms with van der Waals surface area (Å²) in [7, 11) is 1.99. The van der Waals surface area contributed by atoms with Crippen molar-refractivity contribution in [2.24, 2.45) is 7.05 Å². The van der Waals surface area contributed by atoms with Crippen molar-refractivity contribution in [3.63, 3.8) is 0 Å². The molecule has 4 heteroatoms. The van der Waals surface area contributed by atoms with E-state index in [1.165, 1.54) is 0 Å². The van der Waals surface area contributed by atoms with Gasteiger partial charge < -0.3 is 15.2 Å². The molecule has 0 spiro atoms. The van der Waals surface area contributed by atoms with Crippen LogP contribution in [-0.4, -0.2) is 16.6 Å². The van der Waals surface area contributed by atoms with Gasteiger partial charge in [0.1, 0.15) is 0 Å². The van der Waals surface area contributed by atoms with Gasteiger partial charge in [-0.25, -0.2) is 4.79 Å². The van der Waals surface area contributed by atoms with Crippen molar-refractivity contribution in [2.75, 3.05) is 5.32 Å². The third kappa shape index (κ3) is 2.41. The highest BCUT2D eigenvalue weighted by atomic mass is 16.2. The highest BCUT2D eigenvalue weighted by Crippen LogP contribution is 2.23. The smallest absolute Gasteiger partial charge is 0.319 e. The zero-order chi connectivity index (χ0) is 12.4. The Hall–Kier alpha value is -1.97. The molecule has 1 aromatic carbocycles. The first kappa shape index (κ1) is 11.5. The van der Waals surface area contributed by atoms with Gasteiger partial charge in [-0.15, -0.1) is 0 Å². The zero-order valence-electron chi connectivity index (χ0n) is 10.3. The number of carbonyl (C=O) groups is 1. The Balaban J connectivity index is 2.27. The summed E-state index contributed by atoms with van der Waals surface area (Å²) in [5.41, 5.74) is 1.94. The van der Waals surface area contributed by atoms with E-state index >= 15 is 0 Å². The number of aromatic nitrogens is 1. The molecule has 0 aliphatic rings. The van der Waals surface area contributed by atoms with Crippen molar-refractivity contribution in [2.45, 2.75) is 19.9 Å². The first-order chi connectivity index (χ1) is 8.08. The monoisotopic (exact) mass is 231 g/mol. The number of benzene rings is 1. The minimum absolute atomic E-state index is 0.130. The summed E-state index contributed by atoms with van der Waals surface area (Å²) in [5.74, 6) is 0. The fraction of sp³-hybridized carbons (Fsp3) is 0.308. The van der Waals surface area contributed by atoms with Crippen LogP contribution in [-0.2, 0) is 7.05 Å². The fourth-order valence-electron chi connectivity index (χ4n) is 1.83. The first-order valence-corrected chi connectivity index (χ1v) is 5.69. The highest BCUT2D eigenvalue weighted by Gasteiger charge is 2.07. The quantitative estimate of drug-likeness (QED) is 0.820. The van der Waals surface area contributed by atoms with E-state index in [4.69, 9.17) is 0 Å². The van der Waals surface area contributed by atoms with Crippen LogP contribution in [0.3, 0.4) is 0 Å². The third-order valence-electron chi connectivity index (χ3n) is 2.60. The van der Waals surface area contributed by atoms with Crippen LogP contribution in [0.1, 0.15) is 13.8 Å². The van der Waals surface area contributed by atoms with Crippen LogP contribution >= 0.6 is 0 Å². The molecule has 2 rings (SSSR count). The number of rotatable bonds is 2. The standard InChI is InChI=1S/C13H17N3O/c1-9(2)14-13(17)15-11-5-4-6-12-10(11)7-8-16(12)3/h4-9H,1-3H3,(H2,14,15,17). The lowest BCUT2D eigenvalue weighted by Crippen LogP contribution is -2.34. The number of nitrogens with zero attached hydrogens (tertiary/aromatic N) is 1. The maximum atomic E-state index is 11.6. The Bertz CT molecular complexity index is 543. The predicted molar refractivity (Wildman–Crippen MR) is 70.2 cm³/mol. The van der Waals surface area contributed by atoms with Gasteiger partial charge in [0.2, 0.25) is 0 Å². The molecule has 17 heavy (non-hydrogen) atoms. The number of aryl methyl sites for hydroxylation is 1. The van der Waals surface area contributed by atoms with E-state index in [0.29, 0.717) is 0 Å². The molecular weight excluding hydrogens is 214 g/mol. The van der Waals surface area contributed by atoms with Gasteiger partial charge in [0.05, 0.1) is 5.69 Å². The van der Waals surface area contributed by atoms with Crippen molar-refractivity contribution < 1.29 is 4.79 Å². The summed E-state index contributed by atoms with van der Waals surface area (Å²) in [5, 5.41) is 6.72. The minimum atomic E-state index is -0.170. The van der Waals surface area contributed by atoms with Crippen molar-refractivity contribution in [1.29, 1.82) is 0 Å².